The number of aryl methyl sites for hydroxylation is 1. The van der Waals surface area contributed by atoms with Crippen LogP contribution >= 0.6 is 35.0 Å². The molecule has 0 N–H and O–H groups in total. The summed E-state index contributed by atoms with van der Waals surface area (Å²) in [6.45, 7) is 3.78. The van der Waals surface area contributed by atoms with Gasteiger partial charge in [0.1, 0.15) is 23.5 Å². The molecule has 0 saturated carbocycles. The predicted molar refractivity (Wildman–Crippen MR) is 145 cm³/mol. The lowest BCUT2D eigenvalue weighted by Crippen LogP contribution is -2.12. The van der Waals surface area contributed by atoms with Crippen LogP contribution in [0.3, 0.4) is 0 Å². The highest BCUT2D eigenvalue weighted by molar-refractivity contribution is 7.99. The minimum atomic E-state index is -0.619. The SMILES string of the molecule is CCOc1cc([C@@H](C[N+](=O)[O-])Sc2nnc(C)n2-c2ccc(F)cc2)ccc1OCc1ccc(Cl)cc1Cl. The van der Waals surface area contributed by atoms with Crippen LogP contribution < -0.4 is 9.47 Å². The number of thioether (sulfide) groups is 1. The number of rotatable bonds is 11. The molecule has 0 aliphatic heterocycles. The first-order chi connectivity index (χ1) is 18.2. The number of benzene rings is 3. The van der Waals surface area contributed by atoms with Gasteiger partial charge in [-0.3, -0.25) is 14.7 Å². The third-order valence-electron chi connectivity index (χ3n) is 5.48. The van der Waals surface area contributed by atoms with Gasteiger partial charge in [-0.15, -0.1) is 10.2 Å². The molecule has 1 heterocycles. The van der Waals surface area contributed by atoms with E-state index in [-0.39, 0.29) is 23.9 Å². The quantitative estimate of drug-likeness (QED) is 0.107. The van der Waals surface area contributed by atoms with Crippen LogP contribution in [0, 0.1) is 22.9 Å². The number of nitro groups is 1. The highest BCUT2D eigenvalue weighted by Gasteiger charge is 2.25. The van der Waals surface area contributed by atoms with Gasteiger partial charge in [-0.25, -0.2) is 4.39 Å². The van der Waals surface area contributed by atoms with Crippen molar-refractivity contribution in [1.29, 1.82) is 0 Å². The lowest BCUT2D eigenvalue weighted by molar-refractivity contribution is -0.479. The zero-order valence-electron chi connectivity index (χ0n) is 20.4. The van der Waals surface area contributed by atoms with Gasteiger partial charge in [0, 0.05) is 26.2 Å². The van der Waals surface area contributed by atoms with Gasteiger partial charge in [-0.2, -0.15) is 0 Å². The lowest BCUT2D eigenvalue weighted by Gasteiger charge is -2.18. The molecule has 8 nitrogen and oxygen atoms in total. The topological polar surface area (TPSA) is 92.3 Å². The van der Waals surface area contributed by atoms with Crippen LogP contribution in [0.2, 0.25) is 10.0 Å². The van der Waals surface area contributed by atoms with Gasteiger partial charge in [-0.05, 0) is 67.9 Å². The summed E-state index contributed by atoms with van der Waals surface area (Å²) >= 11 is 13.4. The predicted octanol–water partition coefficient (Wildman–Crippen LogP) is 7.11. The Morgan fingerprint density at radius 1 is 1.05 bits per heavy atom. The fourth-order valence-corrected chi connectivity index (χ4v) is 5.31. The van der Waals surface area contributed by atoms with Crippen LogP contribution in [0.1, 0.15) is 29.1 Å². The van der Waals surface area contributed by atoms with Crippen molar-refractivity contribution in [3.8, 4) is 17.2 Å². The van der Waals surface area contributed by atoms with Crippen molar-refractivity contribution in [2.24, 2.45) is 0 Å². The van der Waals surface area contributed by atoms with E-state index in [1.165, 1.54) is 23.9 Å². The Balaban J connectivity index is 1.62. The summed E-state index contributed by atoms with van der Waals surface area (Å²) in [5, 5.41) is 20.8. The van der Waals surface area contributed by atoms with Crippen molar-refractivity contribution in [1.82, 2.24) is 14.8 Å². The summed E-state index contributed by atoms with van der Waals surface area (Å²) < 4.78 is 27.0. The van der Waals surface area contributed by atoms with Crippen molar-refractivity contribution in [2.45, 2.75) is 30.9 Å². The van der Waals surface area contributed by atoms with Crippen LogP contribution in [0.4, 0.5) is 4.39 Å². The smallest absolute Gasteiger partial charge is 0.220 e. The van der Waals surface area contributed by atoms with E-state index < -0.39 is 5.25 Å². The second-order valence-corrected chi connectivity index (χ2v) is 10.1. The Morgan fingerprint density at radius 2 is 1.82 bits per heavy atom. The molecule has 4 rings (SSSR count). The van der Waals surface area contributed by atoms with E-state index in [1.807, 2.05) is 6.92 Å². The lowest BCUT2D eigenvalue weighted by atomic mass is 10.1. The molecule has 0 unspecified atom stereocenters. The first-order valence-electron chi connectivity index (χ1n) is 11.5. The molecule has 38 heavy (non-hydrogen) atoms. The molecule has 198 valence electrons. The second-order valence-electron chi connectivity index (χ2n) is 8.13. The number of halogens is 3. The van der Waals surface area contributed by atoms with Gasteiger partial charge in [0.15, 0.2) is 16.7 Å². The van der Waals surface area contributed by atoms with Crippen molar-refractivity contribution < 1.29 is 18.8 Å². The molecular formula is C26H23Cl2FN4O4S. The molecule has 1 atom stereocenters. The Hall–Kier alpha value is -3.34. The zero-order chi connectivity index (χ0) is 27.2. The molecule has 0 fully saturated rings. The van der Waals surface area contributed by atoms with E-state index >= 15 is 0 Å². The normalized spacial score (nSPS) is 11.8. The van der Waals surface area contributed by atoms with Crippen molar-refractivity contribution in [3.05, 3.63) is 104 Å². The molecule has 3 aromatic carbocycles. The first kappa shape index (κ1) is 27.7. The Bertz CT molecular complexity index is 1440. The summed E-state index contributed by atoms with van der Waals surface area (Å²) in [4.78, 5) is 11.2. The van der Waals surface area contributed by atoms with Crippen LogP contribution in [-0.2, 0) is 6.61 Å². The van der Waals surface area contributed by atoms with E-state index in [9.17, 15) is 14.5 Å². The van der Waals surface area contributed by atoms with E-state index in [1.54, 1.807) is 60.0 Å². The van der Waals surface area contributed by atoms with E-state index in [0.29, 0.717) is 50.4 Å². The minimum Gasteiger partial charge on any atom is -0.490 e. The zero-order valence-corrected chi connectivity index (χ0v) is 22.8. The third-order valence-corrected chi connectivity index (χ3v) is 7.25. The van der Waals surface area contributed by atoms with Gasteiger partial charge in [-0.1, -0.05) is 47.1 Å². The van der Waals surface area contributed by atoms with Crippen LogP contribution in [0.15, 0.2) is 65.8 Å². The van der Waals surface area contributed by atoms with Gasteiger partial charge < -0.3 is 9.47 Å². The average molecular weight is 577 g/mol. The molecule has 0 bridgehead atoms. The second kappa shape index (κ2) is 12.5. The summed E-state index contributed by atoms with van der Waals surface area (Å²) in [5.74, 6) is 1.11. The van der Waals surface area contributed by atoms with Gasteiger partial charge in [0.25, 0.3) is 0 Å². The minimum absolute atomic E-state index is 0.183. The summed E-state index contributed by atoms with van der Waals surface area (Å²) in [7, 11) is 0. The van der Waals surface area contributed by atoms with Crippen LogP contribution in [0.25, 0.3) is 5.69 Å². The molecule has 0 amide bonds. The fraction of sp³-hybridized carbons (Fsp3) is 0.231. The Morgan fingerprint density at radius 3 is 2.50 bits per heavy atom. The maximum atomic E-state index is 13.5. The molecular weight excluding hydrogens is 554 g/mol. The molecule has 12 heteroatoms. The maximum absolute atomic E-state index is 13.5. The van der Waals surface area contributed by atoms with E-state index in [4.69, 9.17) is 32.7 Å². The highest BCUT2D eigenvalue weighted by atomic mass is 35.5. The number of hydrogen-bond donors (Lipinski definition) is 0. The molecule has 0 radical (unpaired) electrons. The number of nitrogens with zero attached hydrogens (tertiary/aromatic N) is 4. The molecule has 0 aliphatic rings. The molecule has 1 aromatic heterocycles. The number of hydrogen-bond acceptors (Lipinski definition) is 7. The van der Waals surface area contributed by atoms with E-state index in [0.717, 1.165) is 5.56 Å². The average Bonchev–Trinajstić information content (AvgIpc) is 3.24. The Labute approximate surface area is 232 Å². The largest absolute Gasteiger partial charge is 0.490 e. The fourth-order valence-electron chi connectivity index (χ4n) is 3.69. The number of ether oxygens (including phenoxy) is 2. The molecule has 0 saturated heterocycles. The molecule has 0 aliphatic carbocycles. The summed E-state index contributed by atoms with van der Waals surface area (Å²) in [5.41, 5.74) is 2.05. The summed E-state index contributed by atoms with van der Waals surface area (Å²) in [6.07, 6.45) is 0. The maximum Gasteiger partial charge on any atom is 0.220 e. The molecule has 0 spiro atoms. The number of aromatic nitrogens is 3. The van der Waals surface area contributed by atoms with Gasteiger partial charge in [0.2, 0.25) is 6.54 Å². The van der Waals surface area contributed by atoms with Gasteiger partial charge in [0.05, 0.1) is 6.61 Å². The highest BCUT2D eigenvalue weighted by Crippen LogP contribution is 2.40. The standard InChI is InChI=1S/C26H23Cl2FN4O4S/c1-3-36-24-12-17(5-11-23(24)37-15-18-4-6-19(27)13-22(18)28)25(14-32(34)35)38-26-31-30-16(2)33(26)21-9-7-20(29)8-10-21/h4-13,25H,3,14-15H2,1-2H3/t25-/m1/s1. The molecule has 4 aromatic rings. The van der Waals surface area contributed by atoms with Crippen molar-refractivity contribution in [2.75, 3.05) is 13.2 Å². The van der Waals surface area contributed by atoms with Gasteiger partial charge >= 0.3 is 0 Å². The van der Waals surface area contributed by atoms with Crippen molar-refractivity contribution >= 4 is 35.0 Å². The Kier molecular flexibility index (Phi) is 9.09. The van der Waals surface area contributed by atoms with Crippen LogP contribution in [-0.4, -0.2) is 32.8 Å². The monoisotopic (exact) mass is 576 g/mol. The van der Waals surface area contributed by atoms with Crippen LogP contribution in [0.5, 0.6) is 11.5 Å². The van der Waals surface area contributed by atoms with E-state index in [2.05, 4.69) is 10.2 Å². The summed E-state index contributed by atoms with van der Waals surface area (Å²) in [6, 6.07) is 16.2. The first-order valence-corrected chi connectivity index (χ1v) is 13.2. The third kappa shape index (κ3) is 6.75. The van der Waals surface area contributed by atoms with Crippen molar-refractivity contribution in [3.63, 3.8) is 0 Å².